The molecule has 2 heterocycles. The molecular formula is C27H33FN2O5. The van der Waals surface area contributed by atoms with Crippen LogP contribution in [-0.2, 0) is 13.0 Å². The van der Waals surface area contributed by atoms with Crippen molar-refractivity contribution in [1.29, 1.82) is 0 Å². The number of aromatic amines is 1. The maximum absolute atomic E-state index is 12.7. The molecular weight excluding hydrogens is 451 g/mol. The maximum Gasteiger partial charge on any atom is 0.417 e. The molecule has 35 heavy (non-hydrogen) atoms. The summed E-state index contributed by atoms with van der Waals surface area (Å²) in [5, 5.41) is 15.3. The highest BCUT2D eigenvalue weighted by atomic mass is 19.1. The Morgan fingerprint density at radius 3 is 2.49 bits per heavy atom. The van der Waals surface area contributed by atoms with Crippen molar-refractivity contribution in [3.05, 3.63) is 94.1 Å². The van der Waals surface area contributed by atoms with Crippen LogP contribution in [-0.4, -0.2) is 22.0 Å². The number of aromatic nitrogens is 1. The molecule has 0 aliphatic heterocycles. The molecule has 0 saturated heterocycles. The predicted octanol–water partition coefficient (Wildman–Crippen LogP) is 6.33. The fourth-order valence-electron chi connectivity index (χ4n) is 4.35. The van der Waals surface area contributed by atoms with Crippen LogP contribution < -0.4 is 11.1 Å². The summed E-state index contributed by atoms with van der Waals surface area (Å²) in [6, 6.07) is 14.7. The summed E-state index contributed by atoms with van der Waals surface area (Å²) in [6.45, 7) is 1.78. The first kappa shape index (κ1) is 26.4. The van der Waals surface area contributed by atoms with Gasteiger partial charge in [0.2, 0.25) is 0 Å². The number of H-pyrrole nitrogens is 1. The molecule has 0 radical (unpaired) electrons. The van der Waals surface area contributed by atoms with Crippen molar-refractivity contribution in [1.82, 2.24) is 10.3 Å². The van der Waals surface area contributed by atoms with Crippen molar-refractivity contribution >= 4 is 11.1 Å². The minimum absolute atomic E-state index is 0.174. The molecule has 7 nitrogen and oxygen atoms in total. The fraction of sp³-hybridized carbons (Fsp3) is 0.370. The monoisotopic (exact) mass is 484 g/mol. The van der Waals surface area contributed by atoms with Crippen LogP contribution in [0.25, 0.3) is 11.1 Å². The molecule has 1 saturated carbocycles. The first-order chi connectivity index (χ1) is 17.2. The molecule has 5 rings (SSSR count). The van der Waals surface area contributed by atoms with Crippen LogP contribution in [0.15, 0.2) is 74.7 Å². The molecule has 0 bridgehead atoms. The van der Waals surface area contributed by atoms with E-state index in [1.807, 2.05) is 30.3 Å². The smallest absolute Gasteiger partial charge is 0.417 e. The van der Waals surface area contributed by atoms with Crippen molar-refractivity contribution in [2.24, 2.45) is 0 Å². The highest BCUT2D eigenvalue weighted by molar-refractivity contribution is 5.72. The van der Waals surface area contributed by atoms with Crippen LogP contribution in [0.3, 0.4) is 0 Å². The summed E-state index contributed by atoms with van der Waals surface area (Å²) < 4.78 is 22.7. The Hall–Kier alpha value is -3.20. The molecule has 8 heteroatoms. The Bertz CT molecular complexity index is 1160. The van der Waals surface area contributed by atoms with Gasteiger partial charge in [-0.05, 0) is 79.6 Å². The first-order valence-corrected chi connectivity index (χ1v) is 12.0. The van der Waals surface area contributed by atoms with Crippen molar-refractivity contribution in [2.45, 2.75) is 57.4 Å². The topological polar surface area (TPSA) is 112 Å². The number of rotatable bonds is 7. The van der Waals surface area contributed by atoms with E-state index in [2.05, 4.69) is 16.4 Å². The second-order valence-electron chi connectivity index (χ2n) is 8.64. The molecule has 0 unspecified atom stereocenters. The number of benzene rings is 2. The normalized spacial score (nSPS) is 13.6. The summed E-state index contributed by atoms with van der Waals surface area (Å²) in [5.74, 6) is 0.112. The third kappa shape index (κ3) is 8.51. The van der Waals surface area contributed by atoms with Gasteiger partial charge in [-0.3, -0.25) is 15.5 Å². The Morgan fingerprint density at radius 1 is 1.00 bits per heavy atom. The number of halogens is 1. The summed E-state index contributed by atoms with van der Waals surface area (Å²) in [5.41, 5.74) is 5.14. The zero-order valence-corrected chi connectivity index (χ0v) is 19.7. The van der Waals surface area contributed by atoms with Crippen LogP contribution in [0.4, 0.5) is 4.39 Å². The standard InChI is InChI=1S/C14H16FNO.C13H15NO2.H2O2/c15-14-5-3-12(4-6-14)2-1-8-16-10-13-7-9-17-11-13;15-13-14-11-7-6-10(8-12(11)16-13)9-4-2-1-3-5-9;1-2/h3-7,9,11,16H,1-2,8,10H2;6-9H,1-5H2,(H,14,15);1-2H. The molecule has 1 aliphatic rings. The third-order valence-corrected chi connectivity index (χ3v) is 6.16. The predicted molar refractivity (Wildman–Crippen MR) is 133 cm³/mol. The summed E-state index contributed by atoms with van der Waals surface area (Å²) in [4.78, 5) is 13.7. The van der Waals surface area contributed by atoms with Crippen molar-refractivity contribution in [3.8, 4) is 0 Å². The molecule has 4 N–H and O–H groups in total. The van der Waals surface area contributed by atoms with Crippen molar-refractivity contribution in [2.75, 3.05) is 6.54 Å². The molecule has 188 valence electrons. The highest BCUT2D eigenvalue weighted by Gasteiger charge is 2.16. The molecule has 2 aromatic carbocycles. The van der Waals surface area contributed by atoms with E-state index >= 15 is 0 Å². The second-order valence-corrected chi connectivity index (χ2v) is 8.64. The number of fused-ring (bicyclic) bond motifs is 1. The van der Waals surface area contributed by atoms with E-state index < -0.39 is 0 Å². The quantitative estimate of drug-likeness (QED) is 0.139. The van der Waals surface area contributed by atoms with Crippen LogP contribution in [0.1, 0.15) is 61.1 Å². The zero-order chi connectivity index (χ0) is 24.9. The molecule has 1 aliphatic carbocycles. The van der Waals surface area contributed by atoms with E-state index in [1.165, 1.54) is 55.4 Å². The molecule has 0 atom stereocenters. The van der Waals surface area contributed by atoms with Gasteiger partial charge in [0, 0.05) is 12.1 Å². The van der Waals surface area contributed by atoms with E-state index in [-0.39, 0.29) is 11.6 Å². The van der Waals surface area contributed by atoms with Crippen LogP contribution in [0.2, 0.25) is 0 Å². The van der Waals surface area contributed by atoms with Gasteiger partial charge in [-0.25, -0.2) is 9.18 Å². The van der Waals surface area contributed by atoms with Crippen molar-refractivity contribution in [3.63, 3.8) is 0 Å². The Morgan fingerprint density at radius 2 is 1.77 bits per heavy atom. The second kappa shape index (κ2) is 14.3. The van der Waals surface area contributed by atoms with Gasteiger partial charge < -0.3 is 14.2 Å². The minimum atomic E-state index is -0.365. The fourth-order valence-corrected chi connectivity index (χ4v) is 4.35. The van der Waals surface area contributed by atoms with E-state index in [0.29, 0.717) is 11.5 Å². The lowest BCUT2D eigenvalue weighted by Crippen LogP contribution is -2.14. The zero-order valence-electron chi connectivity index (χ0n) is 19.7. The van der Waals surface area contributed by atoms with Crippen LogP contribution in [0, 0.1) is 5.82 Å². The average molecular weight is 485 g/mol. The van der Waals surface area contributed by atoms with Gasteiger partial charge in [0.25, 0.3) is 0 Å². The Kier molecular flexibility index (Phi) is 10.8. The van der Waals surface area contributed by atoms with Gasteiger partial charge in [-0.2, -0.15) is 0 Å². The highest BCUT2D eigenvalue weighted by Crippen LogP contribution is 2.33. The number of oxazole rings is 1. The minimum Gasteiger partial charge on any atom is -0.472 e. The number of nitrogens with one attached hydrogen (secondary N) is 2. The summed E-state index contributed by atoms with van der Waals surface area (Å²) >= 11 is 0. The van der Waals surface area contributed by atoms with Crippen LogP contribution in [0.5, 0.6) is 0 Å². The van der Waals surface area contributed by atoms with Gasteiger partial charge in [0.05, 0.1) is 18.0 Å². The van der Waals surface area contributed by atoms with E-state index in [1.54, 1.807) is 12.5 Å². The summed E-state index contributed by atoms with van der Waals surface area (Å²) in [7, 11) is 0. The number of aryl methyl sites for hydroxylation is 1. The van der Waals surface area contributed by atoms with E-state index in [4.69, 9.17) is 19.3 Å². The van der Waals surface area contributed by atoms with Gasteiger partial charge in [-0.15, -0.1) is 0 Å². The third-order valence-electron chi connectivity index (χ3n) is 6.16. The van der Waals surface area contributed by atoms with Gasteiger partial charge >= 0.3 is 5.76 Å². The largest absolute Gasteiger partial charge is 0.472 e. The number of hydrogen-bond donors (Lipinski definition) is 4. The van der Waals surface area contributed by atoms with Gasteiger partial charge in [0.15, 0.2) is 5.58 Å². The lowest BCUT2D eigenvalue weighted by Gasteiger charge is -2.21. The summed E-state index contributed by atoms with van der Waals surface area (Å²) in [6.07, 6.45) is 12.0. The van der Waals surface area contributed by atoms with Crippen molar-refractivity contribution < 1.29 is 23.7 Å². The Balaban J connectivity index is 0.000000183. The molecule has 0 spiro atoms. The van der Waals surface area contributed by atoms with Gasteiger partial charge in [0.1, 0.15) is 5.82 Å². The lowest BCUT2D eigenvalue weighted by molar-refractivity contribution is -0.176. The van der Waals surface area contributed by atoms with E-state index in [0.717, 1.165) is 37.0 Å². The average Bonchev–Trinajstić information content (AvgIpc) is 3.55. The lowest BCUT2D eigenvalue weighted by atomic mass is 9.84. The van der Waals surface area contributed by atoms with Gasteiger partial charge in [-0.1, -0.05) is 37.5 Å². The SMILES string of the molecule is Fc1ccc(CCCNCc2ccoc2)cc1.O=c1[nH]c2ccc(C3CCCCC3)cc2o1.OO. The maximum atomic E-state index is 12.7. The molecule has 1 fully saturated rings. The number of hydrogen-bond acceptors (Lipinski definition) is 6. The first-order valence-electron chi connectivity index (χ1n) is 12.0. The molecule has 4 aromatic rings. The molecule has 2 aromatic heterocycles. The molecule has 0 amide bonds. The van der Waals surface area contributed by atoms with E-state index in [9.17, 15) is 9.18 Å². The number of furan rings is 1. The Labute approximate surface area is 203 Å². The van der Waals surface area contributed by atoms with Crippen LogP contribution >= 0.6 is 0 Å².